The maximum Gasteiger partial charge on any atom is 0.322 e. The number of thiol groups is 1. The fourth-order valence-electron chi connectivity index (χ4n) is 1.03. The van der Waals surface area contributed by atoms with Crippen molar-refractivity contribution in [2.75, 3.05) is 0 Å². The number of hydrogen-bond donors (Lipinski definition) is 1. The number of carbonyl (C=O) groups excluding carboxylic acids is 1. The van der Waals surface area contributed by atoms with Crippen LogP contribution in [0.15, 0.2) is 24.3 Å². The van der Waals surface area contributed by atoms with Crippen LogP contribution in [0.3, 0.4) is 0 Å². The van der Waals surface area contributed by atoms with Crippen molar-refractivity contribution >= 4 is 28.6 Å². The van der Waals surface area contributed by atoms with Gasteiger partial charge in [0.1, 0.15) is 0 Å². The molecule has 1 aromatic rings. The average Bonchev–Trinajstić information content (AvgIpc) is 2.16. The number of rotatable bonds is 4. The van der Waals surface area contributed by atoms with Crippen molar-refractivity contribution in [2.45, 2.75) is 12.8 Å². The Bertz CT molecular complexity index is 403. The number of carbonyl (C=O) groups is 1. The lowest BCUT2D eigenvalue weighted by molar-refractivity contribution is -0.133. The fourth-order valence-corrected chi connectivity index (χ4v) is 1.41. The second-order valence-electron chi connectivity index (χ2n) is 2.81. The molecule has 0 aromatic heterocycles. The van der Waals surface area contributed by atoms with Crippen LogP contribution in [0, 0.1) is 0 Å². The highest BCUT2D eigenvalue weighted by molar-refractivity contribution is 7.67. The summed E-state index contributed by atoms with van der Waals surface area (Å²) in [6.45, 7) is 0. The summed E-state index contributed by atoms with van der Waals surface area (Å²) < 4.78 is 24.1. The molecule has 1 aromatic carbocycles. The van der Waals surface area contributed by atoms with Gasteiger partial charge in [0.2, 0.25) is 0 Å². The molecule has 0 aliphatic rings. The molecule has 0 saturated heterocycles. The largest absolute Gasteiger partial charge is 0.348 e. The van der Waals surface area contributed by atoms with Gasteiger partial charge in [-0.1, -0.05) is 23.7 Å². The number of aryl methyl sites for hydroxylation is 1. The van der Waals surface area contributed by atoms with Gasteiger partial charge in [0, 0.05) is 5.02 Å². The van der Waals surface area contributed by atoms with Gasteiger partial charge in [-0.2, -0.15) is 8.42 Å². The number of hydrogen-bond acceptors (Lipinski definition) is 4. The van der Waals surface area contributed by atoms with Gasteiger partial charge < -0.3 is 4.18 Å². The Morgan fingerprint density at radius 1 is 1.27 bits per heavy atom. The van der Waals surface area contributed by atoms with Crippen LogP contribution in [0.25, 0.3) is 0 Å². The van der Waals surface area contributed by atoms with E-state index in [2.05, 4.69) is 4.18 Å². The van der Waals surface area contributed by atoms with Gasteiger partial charge in [0.05, 0.1) is 6.42 Å². The molecule has 1 rings (SSSR count). The lowest BCUT2D eigenvalue weighted by atomic mass is 10.1. The molecule has 0 atom stereocenters. The predicted octanol–water partition coefficient (Wildman–Crippen LogP) is 1.34. The molecular formula is C9H9ClO4S. The van der Waals surface area contributed by atoms with Crippen LogP contribution in [0.4, 0.5) is 0 Å². The second kappa shape index (κ2) is 5.72. The molecule has 6 heteroatoms. The maximum atomic E-state index is 10.9. The molecule has 4 nitrogen and oxygen atoms in total. The zero-order valence-electron chi connectivity index (χ0n) is 7.68. The van der Waals surface area contributed by atoms with Crippen LogP contribution in [0.1, 0.15) is 12.0 Å². The monoisotopic (exact) mass is 248 g/mol. The van der Waals surface area contributed by atoms with Gasteiger partial charge in [-0.25, -0.2) is 0 Å². The molecule has 0 aliphatic heterocycles. The lowest BCUT2D eigenvalue weighted by Crippen LogP contribution is -2.04. The van der Waals surface area contributed by atoms with Gasteiger partial charge in [-0.3, -0.25) is 4.79 Å². The molecule has 0 aliphatic carbocycles. The van der Waals surface area contributed by atoms with E-state index in [1.807, 2.05) is 0 Å². The Morgan fingerprint density at radius 3 is 2.40 bits per heavy atom. The van der Waals surface area contributed by atoms with Crippen molar-refractivity contribution in [1.29, 1.82) is 0 Å². The third-order valence-corrected chi connectivity index (χ3v) is 2.31. The van der Waals surface area contributed by atoms with Crippen LogP contribution in [-0.2, 0) is 26.4 Å². The number of benzene rings is 1. The molecule has 0 radical (unpaired) electrons. The molecule has 0 heterocycles. The van der Waals surface area contributed by atoms with Crippen LogP contribution in [0.5, 0.6) is 0 Å². The molecule has 0 N–H and O–H groups in total. The normalized spacial score (nSPS) is 10.3. The lowest BCUT2D eigenvalue weighted by Gasteiger charge is -1.99. The number of halogens is 1. The quantitative estimate of drug-likeness (QED) is 0.817. The Balaban J connectivity index is 2.43. The van der Waals surface area contributed by atoms with Crippen molar-refractivity contribution in [2.24, 2.45) is 0 Å². The van der Waals surface area contributed by atoms with Crippen molar-refractivity contribution < 1.29 is 17.4 Å². The van der Waals surface area contributed by atoms with Crippen LogP contribution in [0.2, 0.25) is 5.02 Å². The minimum atomic E-state index is -3.10. The Morgan fingerprint density at radius 2 is 1.87 bits per heavy atom. The fraction of sp³-hybridized carbons (Fsp3) is 0.222. The van der Waals surface area contributed by atoms with Crippen LogP contribution < -0.4 is 0 Å². The van der Waals surface area contributed by atoms with Gasteiger partial charge in [-0.15, -0.1) is 0 Å². The third kappa shape index (κ3) is 4.80. The summed E-state index contributed by atoms with van der Waals surface area (Å²) in [4.78, 5) is 10.9. The molecule has 0 fully saturated rings. The van der Waals surface area contributed by atoms with Crippen molar-refractivity contribution in [3.05, 3.63) is 34.9 Å². The highest BCUT2D eigenvalue weighted by Gasteiger charge is 2.04. The van der Waals surface area contributed by atoms with E-state index in [0.717, 1.165) is 5.56 Å². The summed E-state index contributed by atoms with van der Waals surface area (Å²) in [6, 6.07) is 6.95. The van der Waals surface area contributed by atoms with E-state index < -0.39 is 17.0 Å². The molecule has 0 unspecified atom stereocenters. The highest BCUT2D eigenvalue weighted by Crippen LogP contribution is 2.11. The standard InChI is InChI=1S/C9H9ClO4S/c10-8-4-1-7(2-5-8)3-6-9(11)14-15(12)13/h1-2,4-5,15H,3,6H2. The molecular weight excluding hydrogens is 240 g/mol. The summed E-state index contributed by atoms with van der Waals surface area (Å²) in [5.74, 6) is -0.749. The van der Waals surface area contributed by atoms with Crippen molar-refractivity contribution in [3.8, 4) is 0 Å². The second-order valence-corrected chi connectivity index (χ2v) is 3.88. The summed E-state index contributed by atoms with van der Waals surface area (Å²) in [5.41, 5.74) is 0.900. The van der Waals surface area contributed by atoms with Crippen molar-refractivity contribution in [1.82, 2.24) is 0 Å². The van der Waals surface area contributed by atoms with Crippen LogP contribution in [-0.4, -0.2) is 14.4 Å². The van der Waals surface area contributed by atoms with E-state index in [4.69, 9.17) is 11.6 Å². The summed E-state index contributed by atoms with van der Waals surface area (Å²) >= 11 is 5.67. The van der Waals surface area contributed by atoms with Gasteiger partial charge in [0.25, 0.3) is 0 Å². The van der Waals surface area contributed by atoms with E-state index in [1.54, 1.807) is 24.3 Å². The zero-order chi connectivity index (χ0) is 11.3. The SMILES string of the molecule is O=C(CCc1ccc(Cl)cc1)O[SH](=O)=O. The van der Waals surface area contributed by atoms with E-state index in [9.17, 15) is 13.2 Å². The maximum absolute atomic E-state index is 10.9. The first-order valence-electron chi connectivity index (χ1n) is 4.17. The Labute approximate surface area is 94.0 Å². The van der Waals surface area contributed by atoms with E-state index in [0.29, 0.717) is 11.4 Å². The first-order valence-corrected chi connectivity index (χ1v) is 5.65. The van der Waals surface area contributed by atoms with E-state index in [1.165, 1.54) is 0 Å². The van der Waals surface area contributed by atoms with E-state index >= 15 is 0 Å². The van der Waals surface area contributed by atoms with Crippen molar-refractivity contribution in [3.63, 3.8) is 0 Å². The molecule has 82 valence electrons. The summed E-state index contributed by atoms with van der Waals surface area (Å²) in [6.07, 6.45) is 0.462. The Hall–Kier alpha value is -1.07. The zero-order valence-corrected chi connectivity index (χ0v) is 9.33. The third-order valence-electron chi connectivity index (χ3n) is 1.71. The molecule has 0 bridgehead atoms. The van der Waals surface area contributed by atoms with Gasteiger partial charge in [0.15, 0.2) is 0 Å². The average molecular weight is 249 g/mol. The predicted molar refractivity (Wildman–Crippen MR) is 56.2 cm³/mol. The van der Waals surface area contributed by atoms with Gasteiger partial charge in [-0.05, 0) is 24.1 Å². The van der Waals surface area contributed by atoms with E-state index in [-0.39, 0.29) is 6.42 Å². The topological polar surface area (TPSA) is 60.4 Å². The minimum Gasteiger partial charge on any atom is -0.348 e. The molecule has 0 spiro atoms. The Kier molecular flexibility index (Phi) is 4.58. The first-order chi connectivity index (χ1) is 7.08. The molecule has 0 amide bonds. The molecule has 0 saturated carbocycles. The minimum absolute atomic E-state index is 0.0327. The van der Waals surface area contributed by atoms with Gasteiger partial charge >= 0.3 is 17.0 Å². The summed E-state index contributed by atoms with van der Waals surface area (Å²) in [7, 11) is -3.10. The first kappa shape index (κ1) is 12.0. The summed E-state index contributed by atoms with van der Waals surface area (Å²) in [5, 5.41) is 0.615. The highest BCUT2D eigenvalue weighted by atomic mass is 35.5. The smallest absolute Gasteiger partial charge is 0.322 e. The van der Waals surface area contributed by atoms with Crippen LogP contribution >= 0.6 is 11.6 Å². The molecule has 15 heavy (non-hydrogen) atoms.